The number of ether oxygens (including phenoxy) is 3. The molecule has 0 aliphatic carbocycles. The van der Waals surface area contributed by atoms with Crippen LogP contribution in [0, 0.1) is 0 Å². The highest BCUT2D eigenvalue weighted by Crippen LogP contribution is 2.25. The lowest BCUT2D eigenvalue weighted by Gasteiger charge is -2.32. The summed E-state index contributed by atoms with van der Waals surface area (Å²) in [4.78, 5) is 22.7. The van der Waals surface area contributed by atoms with E-state index in [4.69, 9.17) is 9.47 Å². The van der Waals surface area contributed by atoms with E-state index >= 15 is 0 Å². The summed E-state index contributed by atoms with van der Waals surface area (Å²) < 4.78 is 14.8. The fraction of sp³-hybridized carbons (Fsp3) is 0.600. The van der Waals surface area contributed by atoms with Crippen LogP contribution in [0.25, 0.3) is 0 Å². The van der Waals surface area contributed by atoms with Crippen LogP contribution >= 0.6 is 0 Å². The van der Waals surface area contributed by atoms with Gasteiger partial charge in [-0.1, -0.05) is 0 Å². The average Bonchev–Trinajstić information content (AvgIpc) is 2.22. The SMILES string of the molecule is COC(=O)C[C@]1(C)O[C@H](OC)C=CC1=O. The van der Waals surface area contributed by atoms with Crippen LogP contribution in [-0.2, 0) is 23.8 Å². The molecule has 0 saturated heterocycles. The molecule has 0 aromatic rings. The van der Waals surface area contributed by atoms with Crippen molar-refractivity contribution in [2.75, 3.05) is 14.2 Å². The number of carbonyl (C=O) groups is 2. The molecule has 2 atom stereocenters. The summed E-state index contributed by atoms with van der Waals surface area (Å²) in [6, 6.07) is 0. The van der Waals surface area contributed by atoms with Crippen molar-refractivity contribution >= 4 is 11.8 Å². The Morgan fingerprint density at radius 2 is 2.27 bits per heavy atom. The Bertz CT molecular complexity index is 296. The minimum Gasteiger partial charge on any atom is -0.469 e. The number of hydrogen-bond acceptors (Lipinski definition) is 5. The first-order chi connectivity index (χ1) is 7.01. The van der Waals surface area contributed by atoms with Crippen molar-refractivity contribution < 1.29 is 23.8 Å². The van der Waals surface area contributed by atoms with Crippen molar-refractivity contribution in [2.45, 2.75) is 25.2 Å². The Hall–Kier alpha value is -1.20. The van der Waals surface area contributed by atoms with Crippen molar-refractivity contribution in [3.05, 3.63) is 12.2 Å². The Balaban J connectivity index is 2.78. The molecule has 5 heteroatoms. The van der Waals surface area contributed by atoms with Gasteiger partial charge in [0.1, 0.15) is 5.60 Å². The molecule has 0 bridgehead atoms. The Kier molecular flexibility index (Phi) is 3.60. The fourth-order valence-corrected chi connectivity index (χ4v) is 1.30. The third-order valence-electron chi connectivity index (χ3n) is 2.24. The monoisotopic (exact) mass is 214 g/mol. The van der Waals surface area contributed by atoms with E-state index in [9.17, 15) is 9.59 Å². The normalized spacial score (nSPS) is 30.3. The lowest BCUT2D eigenvalue weighted by Crippen LogP contribution is -2.45. The molecule has 0 spiro atoms. The number of rotatable bonds is 3. The largest absolute Gasteiger partial charge is 0.469 e. The zero-order chi connectivity index (χ0) is 11.5. The van der Waals surface area contributed by atoms with Crippen LogP contribution in [-0.4, -0.2) is 37.9 Å². The molecule has 0 amide bonds. The highest BCUT2D eigenvalue weighted by molar-refractivity contribution is 5.99. The van der Waals surface area contributed by atoms with E-state index in [1.165, 1.54) is 26.4 Å². The van der Waals surface area contributed by atoms with Crippen molar-refractivity contribution in [2.24, 2.45) is 0 Å². The van der Waals surface area contributed by atoms with Gasteiger partial charge in [-0.25, -0.2) is 0 Å². The minimum absolute atomic E-state index is 0.119. The quantitative estimate of drug-likeness (QED) is 0.638. The summed E-state index contributed by atoms with van der Waals surface area (Å²) in [6.45, 7) is 1.54. The maximum Gasteiger partial charge on any atom is 0.308 e. The van der Waals surface area contributed by atoms with Gasteiger partial charge in [-0.15, -0.1) is 0 Å². The molecular weight excluding hydrogens is 200 g/mol. The molecule has 1 aliphatic heterocycles. The van der Waals surface area contributed by atoms with Crippen molar-refractivity contribution in [1.82, 2.24) is 0 Å². The summed E-state index contributed by atoms with van der Waals surface area (Å²) in [5.41, 5.74) is -1.19. The second-order valence-corrected chi connectivity index (χ2v) is 3.43. The highest BCUT2D eigenvalue weighted by atomic mass is 16.7. The topological polar surface area (TPSA) is 61.8 Å². The lowest BCUT2D eigenvalue weighted by molar-refractivity contribution is -0.189. The van der Waals surface area contributed by atoms with Gasteiger partial charge in [0.15, 0.2) is 12.1 Å². The molecule has 1 aliphatic rings. The van der Waals surface area contributed by atoms with E-state index in [0.717, 1.165) is 0 Å². The van der Waals surface area contributed by atoms with Crippen molar-refractivity contribution in [3.63, 3.8) is 0 Å². The summed E-state index contributed by atoms with van der Waals surface area (Å²) in [5, 5.41) is 0. The molecule has 0 aromatic carbocycles. The van der Waals surface area contributed by atoms with Gasteiger partial charge in [-0.3, -0.25) is 9.59 Å². The lowest BCUT2D eigenvalue weighted by atomic mass is 9.94. The van der Waals surface area contributed by atoms with Gasteiger partial charge in [0.25, 0.3) is 0 Å². The number of methoxy groups -OCH3 is 2. The van der Waals surface area contributed by atoms with Crippen LogP contribution in [0.5, 0.6) is 0 Å². The van der Waals surface area contributed by atoms with Crippen LogP contribution in [0.4, 0.5) is 0 Å². The number of esters is 1. The van der Waals surface area contributed by atoms with Gasteiger partial charge in [-0.2, -0.15) is 0 Å². The maximum absolute atomic E-state index is 11.6. The summed E-state index contributed by atoms with van der Waals surface area (Å²) in [7, 11) is 2.73. The van der Waals surface area contributed by atoms with E-state index in [0.29, 0.717) is 0 Å². The Labute approximate surface area is 88.0 Å². The first-order valence-electron chi connectivity index (χ1n) is 4.52. The van der Waals surface area contributed by atoms with Crippen molar-refractivity contribution in [1.29, 1.82) is 0 Å². The van der Waals surface area contributed by atoms with Crippen LogP contribution in [0.2, 0.25) is 0 Å². The number of hydrogen-bond donors (Lipinski definition) is 0. The summed E-state index contributed by atoms with van der Waals surface area (Å²) in [6.07, 6.45) is 2.14. The fourth-order valence-electron chi connectivity index (χ4n) is 1.30. The zero-order valence-corrected chi connectivity index (χ0v) is 8.98. The average molecular weight is 214 g/mol. The van der Waals surface area contributed by atoms with E-state index in [1.54, 1.807) is 6.92 Å². The third-order valence-corrected chi connectivity index (χ3v) is 2.24. The number of carbonyl (C=O) groups excluding carboxylic acids is 2. The zero-order valence-electron chi connectivity index (χ0n) is 8.98. The van der Waals surface area contributed by atoms with Gasteiger partial charge in [0, 0.05) is 7.11 Å². The second-order valence-electron chi connectivity index (χ2n) is 3.43. The predicted molar refractivity (Wildman–Crippen MR) is 51.1 cm³/mol. The Morgan fingerprint density at radius 1 is 1.60 bits per heavy atom. The molecule has 15 heavy (non-hydrogen) atoms. The molecule has 0 unspecified atom stereocenters. The Morgan fingerprint density at radius 3 is 2.80 bits per heavy atom. The maximum atomic E-state index is 11.6. The first-order valence-corrected chi connectivity index (χ1v) is 4.52. The standard InChI is InChI=1S/C10H14O5/c1-10(6-8(12)13-2)7(11)4-5-9(14-3)15-10/h4-5,9H,6H2,1-3H3/t9-,10-/m0/s1. The molecule has 0 radical (unpaired) electrons. The third kappa shape index (κ3) is 2.64. The summed E-state index contributed by atoms with van der Waals surface area (Å²) >= 11 is 0. The van der Waals surface area contributed by atoms with Crippen LogP contribution in [0.3, 0.4) is 0 Å². The highest BCUT2D eigenvalue weighted by Gasteiger charge is 2.40. The van der Waals surface area contributed by atoms with Gasteiger partial charge >= 0.3 is 5.97 Å². The smallest absolute Gasteiger partial charge is 0.308 e. The molecule has 1 heterocycles. The van der Waals surface area contributed by atoms with E-state index in [1.807, 2.05) is 0 Å². The van der Waals surface area contributed by atoms with E-state index in [2.05, 4.69) is 4.74 Å². The van der Waals surface area contributed by atoms with E-state index < -0.39 is 17.9 Å². The molecule has 1 rings (SSSR count). The van der Waals surface area contributed by atoms with Gasteiger partial charge in [0.05, 0.1) is 13.5 Å². The van der Waals surface area contributed by atoms with Gasteiger partial charge in [-0.05, 0) is 19.1 Å². The van der Waals surface area contributed by atoms with E-state index in [-0.39, 0.29) is 12.2 Å². The molecule has 84 valence electrons. The molecule has 5 nitrogen and oxygen atoms in total. The minimum atomic E-state index is -1.19. The molecule has 0 fully saturated rings. The summed E-state index contributed by atoms with van der Waals surface area (Å²) in [5.74, 6) is -0.753. The van der Waals surface area contributed by atoms with Gasteiger partial charge in [0.2, 0.25) is 0 Å². The van der Waals surface area contributed by atoms with Crippen LogP contribution < -0.4 is 0 Å². The van der Waals surface area contributed by atoms with Gasteiger partial charge < -0.3 is 14.2 Å². The first kappa shape index (κ1) is 11.9. The second kappa shape index (κ2) is 4.55. The molecular formula is C10H14O5. The van der Waals surface area contributed by atoms with Crippen LogP contribution in [0.15, 0.2) is 12.2 Å². The number of ketones is 1. The molecule has 0 aromatic heterocycles. The van der Waals surface area contributed by atoms with Crippen molar-refractivity contribution in [3.8, 4) is 0 Å². The predicted octanol–water partition coefficient (Wildman–Crippen LogP) is 0.436. The van der Waals surface area contributed by atoms with Crippen LogP contribution in [0.1, 0.15) is 13.3 Å². The molecule has 0 N–H and O–H groups in total. The molecule has 0 saturated carbocycles.